The minimum absolute atomic E-state index is 0.0508. The minimum Gasteiger partial charge on any atom is -0.466 e. The Kier molecular flexibility index (Phi) is 33.4. The van der Waals surface area contributed by atoms with Crippen LogP contribution in [0, 0.1) is 23.7 Å². The van der Waals surface area contributed by atoms with Gasteiger partial charge in [-0.3, -0.25) is 4.79 Å². The number of ether oxygens (including phenoxy) is 1. The maximum atomic E-state index is 12.6. The molecule has 0 aromatic heterocycles. The molecule has 0 aromatic carbocycles. The molecule has 0 amide bonds. The van der Waals surface area contributed by atoms with E-state index >= 15 is 0 Å². The molecular formula is C42H84O2. The highest BCUT2D eigenvalue weighted by Gasteiger charge is 2.28. The standard InChI is InChI=1S/C42H84O2/c1-7-13-15-16-17-18-19-20-21-22-23-24-25-26-28-35-42(43)44-37-36-41(39(12-6)33-27-14-8-2)40(31-10-4)34-29-32-38(11-5)30-9-3/h38-41H,7-37H2,1-6H3/t38-,39+,40+,41+/m1/s1. The lowest BCUT2D eigenvalue weighted by molar-refractivity contribution is -0.144. The van der Waals surface area contributed by atoms with Gasteiger partial charge in [-0.2, -0.15) is 0 Å². The van der Waals surface area contributed by atoms with Gasteiger partial charge in [0.25, 0.3) is 0 Å². The number of hydrogen-bond donors (Lipinski definition) is 0. The lowest BCUT2D eigenvalue weighted by atomic mass is 9.72. The van der Waals surface area contributed by atoms with Crippen LogP contribution in [-0.2, 0) is 9.53 Å². The summed E-state index contributed by atoms with van der Waals surface area (Å²) in [5, 5.41) is 0. The lowest BCUT2D eigenvalue weighted by Gasteiger charge is -2.34. The summed E-state index contributed by atoms with van der Waals surface area (Å²) in [5.41, 5.74) is 0. The Morgan fingerprint density at radius 1 is 0.432 bits per heavy atom. The van der Waals surface area contributed by atoms with Crippen LogP contribution in [0.5, 0.6) is 0 Å². The van der Waals surface area contributed by atoms with Crippen molar-refractivity contribution < 1.29 is 9.53 Å². The van der Waals surface area contributed by atoms with Crippen molar-refractivity contribution in [1.82, 2.24) is 0 Å². The van der Waals surface area contributed by atoms with Crippen molar-refractivity contribution >= 4 is 5.97 Å². The molecule has 0 spiro atoms. The first-order valence-electron chi connectivity index (χ1n) is 20.7. The van der Waals surface area contributed by atoms with Crippen molar-refractivity contribution in [3.8, 4) is 0 Å². The van der Waals surface area contributed by atoms with E-state index in [4.69, 9.17) is 4.74 Å². The predicted molar refractivity (Wildman–Crippen MR) is 197 cm³/mol. The summed E-state index contributed by atoms with van der Waals surface area (Å²) < 4.78 is 5.89. The zero-order valence-electron chi connectivity index (χ0n) is 31.5. The molecule has 0 unspecified atom stereocenters. The van der Waals surface area contributed by atoms with Crippen LogP contribution in [0.2, 0.25) is 0 Å². The van der Waals surface area contributed by atoms with E-state index in [2.05, 4.69) is 41.5 Å². The summed E-state index contributed by atoms with van der Waals surface area (Å²) in [6.45, 7) is 14.7. The molecule has 0 saturated carbocycles. The topological polar surface area (TPSA) is 26.3 Å². The maximum Gasteiger partial charge on any atom is 0.305 e. The highest BCUT2D eigenvalue weighted by Crippen LogP contribution is 2.37. The Morgan fingerprint density at radius 3 is 1.43 bits per heavy atom. The van der Waals surface area contributed by atoms with Crippen molar-refractivity contribution in [3.05, 3.63) is 0 Å². The van der Waals surface area contributed by atoms with Gasteiger partial charge >= 0.3 is 5.97 Å². The summed E-state index contributed by atoms with van der Waals surface area (Å²) in [6, 6.07) is 0. The molecule has 2 nitrogen and oxygen atoms in total. The molecule has 0 aliphatic rings. The molecule has 0 heterocycles. The SMILES string of the molecule is CCCCCCCCCCCCCCCCCC(=O)OCC[C@H]([C@@H](CCC)CCC[C@H](CC)CCC)[C@@H](CC)CCCCC. The Hall–Kier alpha value is -0.530. The fourth-order valence-corrected chi connectivity index (χ4v) is 7.83. The number of rotatable bonds is 35. The second kappa shape index (κ2) is 33.8. The van der Waals surface area contributed by atoms with E-state index in [0.717, 1.165) is 30.6 Å². The molecule has 0 aromatic rings. The van der Waals surface area contributed by atoms with E-state index in [1.165, 1.54) is 173 Å². The van der Waals surface area contributed by atoms with Crippen LogP contribution in [0.1, 0.15) is 234 Å². The summed E-state index contributed by atoms with van der Waals surface area (Å²) >= 11 is 0. The Morgan fingerprint density at radius 2 is 0.932 bits per heavy atom. The molecule has 0 aliphatic heterocycles. The average molecular weight is 621 g/mol. The molecule has 0 rings (SSSR count). The lowest BCUT2D eigenvalue weighted by Crippen LogP contribution is -2.26. The van der Waals surface area contributed by atoms with Gasteiger partial charge < -0.3 is 4.74 Å². The number of hydrogen-bond acceptors (Lipinski definition) is 2. The van der Waals surface area contributed by atoms with Gasteiger partial charge in [0.1, 0.15) is 0 Å². The zero-order chi connectivity index (χ0) is 32.5. The Labute approximate surface area is 279 Å². The minimum atomic E-state index is 0.0508. The largest absolute Gasteiger partial charge is 0.466 e. The smallest absolute Gasteiger partial charge is 0.305 e. The van der Waals surface area contributed by atoms with Gasteiger partial charge in [0, 0.05) is 6.42 Å². The Balaban J connectivity index is 4.38. The fraction of sp³-hybridized carbons (Fsp3) is 0.976. The van der Waals surface area contributed by atoms with Crippen LogP contribution in [0.25, 0.3) is 0 Å². The number of carbonyl (C=O) groups excluding carboxylic acids is 1. The van der Waals surface area contributed by atoms with Crippen LogP contribution in [0.3, 0.4) is 0 Å². The zero-order valence-corrected chi connectivity index (χ0v) is 31.5. The van der Waals surface area contributed by atoms with Gasteiger partial charge in [0.2, 0.25) is 0 Å². The molecule has 0 fully saturated rings. The van der Waals surface area contributed by atoms with E-state index < -0.39 is 0 Å². The van der Waals surface area contributed by atoms with Crippen LogP contribution < -0.4 is 0 Å². The van der Waals surface area contributed by atoms with Gasteiger partial charge in [-0.15, -0.1) is 0 Å². The molecule has 264 valence electrons. The van der Waals surface area contributed by atoms with Gasteiger partial charge in [-0.1, -0.05) is 215 Å². The highest BCUT2D eigenvalue weighted by atomic mass is 16.5. The fourth-order valence-electron chi connectivity index (χ4n) is 7.83. The number of unbranched alkanes of at least 4 members (excludes halogenated alkanes) is 16. The molecule has 0 radical (unpaired) electrons. The summed E-state index contributed by atoms with van der Waals surface area (Å²) in [4.78, 5) is 12.6. The van der Waals surface area contributed by atoms with Crippen LogP contribution in [0.15, 0.2) is 0 Å². The second-order valence-corrected chi connectivity index (χ2v) is 14.6. The first-order chi connectivity index (χ1) is 21.6. The van der Waals surface area contributed by atoms with Crippen LogP contribution in [-0.4, -0.2) is 12.6 Å². The normalized spacial score (nSPS) is 14.4. The van der Waals surface area contributed by atoms with Gasteiger partial charge in [0.05, 0.1) is 6.61 Å². The van der Waals surface area contributed by atoms with Crippen molar-refractivity contribution in [2.24, 2.45) is 23.7 Å². The summed E-state index contributed by atoms with van der Waals surface area (Å²) in [5.74, 6) is 3.24. The van der Waals surface area contributed by atoms with E-state index in [1.807, 2.05) is 0 Å². The Bertz CT molecular complexity index is 572. The molecule has 0 aliphatic carbocycles. The molecule has 0 bridgehead atoms. The summed E-state index contributed by atoms with van der Waals surface area (Å²) in [7, 11) is 0. The first kappa shape index (κ1) is 43.5. The van der Waals surface area contributed by atoms with Gasteiger partial charge in [-0.25, -0.2) is 0 Å². The molecule has 44 heavy (non-hydrogen) atoms. The van der Waals surface area contributed by atoms with Crippen molar-refractivity contribution in [2.75, 3.05) is 6.61 Å². The predicted octanol–water partition coefficient (Wildman–Crippen LogP) is 14.8. The third-order valence-electron chi connectivity index (χ3n) is 10.7. The molecular weight excluding hydrogens is 536 g/mol. The van der Waals surface area contributed by atoms with Crippen LogP contribution >= 0.6 is 0 Å². The summed E-state index contributed by atoms with van der Waals surface area (Å²) in [6.07, 6.45) is 39.5. The second-order valence-electron chi connectivity index (χ2n) is 14.6. The van der Waals surface area contributed by atoms with Gasteiger partial charge in [-0.05, 0) is 36.5 Å². The average Bonchev–Trinajstić information content (AvgIpc) is 3.03. The van der Waals surface area contributed by atoms with Crippen LogP contribution in [0.4, 0.5) is 0 Å². The van der Waals surface area contributed by atoms with E-state index in [1.54, 1.807) is 0 Å². The third-order valence-corrected chi connectivity index (χ3v) is 10.7. The first-order valence-corrected chi connectivity index (χ1v) is 20.7. The number of esters is 1. The molecule has 4 atom stereocenters. The quantitative estimate of drug-likeness (QED) is 0.0520. The van der Waals surface area contributed by atoms with Crippen molar-refractivity contribution in [1.29, 1.82) is 0 Å². The van der Waals surface area contributed by atoms with E-state index in [9.17, 15) is 4.79 Å². The third kappa shape index (κ3) is 25.6. The number of carbonyl (C=O) groups is 1. The molecule has 0 saturated heterocycles. The molecule has 0 N–H and O–H groups in total. The molecule has 2 heteroatoms. The van der Waals surface area contributed by atoms with E-state index in [0.29, 0.717) is 18.9 Å². The van der Waals surface area contributed by atoms with Crippen molar-refractivity contribution in [3.63, 3.8) is 0 Å². The van der Waals surface area contributed by atoms with E-state index in [-0.39, 0.29) is 5.97 Å². The monoisotopic (exact) mass is 621 g/mol. The van der Waals surface area contributed by atoms with Crippen molar-refractivity contribution in [2.45, 2.75) is 234 Å². The highest BCUT2D eigenvalue weighted by molar-refractivity contribution is 5.69. The van der Waals surface area contributed by atoms with Gasteiger partial charge in [0.15, 0.2) is 0 Å². The maximum absolute atomic E-state index is 12.6.